The van der Waals surface area contributed by atoms with E-state index in [0.29, 0.717) is 17.6 Å². The highest BCUT2D eigenvalue weighted by Crippen LogP contribution is 2.40. The van der Waals surface area contributed by atoms with Gasteiger partial charge in [0.05, 0.1) is 6.10 Å². The normalized spacial score (nSPS) is 45.8. The third-order valence-corrected chi connectivity index (χ3v) is 3.81. The summed E-state index contributed by atoms with van der Waals surface area (Å²) in [7, 11) is 0. The number of hydrogen-bond donors (Lipinski definition) is 1. The van der Waals surface area contributed by atoms with E-state index in [2.05, 4.69) is 6.92 Å². The molecule has 2 fully saturated rings. The third kappa shape index (κ3) is 1.64. The minimum atomic E-state index is -0.160. The maximum Gasteiger partial charge on any atom is 0.136 e. The maximum atomic E-state index is 11.6. The molecule has 4 atom stereocenters. The average Bonchev–Trinajstić information content (AvgIpc) is 2.09. The number of fused-ring (bicyclic) bond motifs is 1. The van der Waals surface area contributed by atoms with Gasteiger partial charge in [0.1, 0.15) is 5.78 Å². The molecule has 0 heterocycles. The summed E-state index contributed by atoms with van der Waals surface area (Å²) in [6.45, 7) is 2.06. The van der Waals surface area contributed by atoms with Gasteiger partial charge in [0, 0.05) is 12.3 Å². The molecule has 0 amide bonds. The van der Waals surface area contributed by atoms with Crippen molar-refractivity contribution >= 4 is 5.78 Å². The summed E-state index contributed by atoms with van der Waals surface area (Å²) >= 11 is 0. The minimum Gasteiger partial charge on any atom is -0.393 e. The van der Waals surface area contributed by atoms with Crippen molar-refractivity contribution in [2.75, 3.05) is 0 Å². The van der Waals surface area contributed by atoms with Crippen LogP contribution in [0.1, 0.15) is 39.0 Å². The maximum absolute atomic E-state index is 11.6. The van der Waals surface area contributed by atoms with Crippen LogP contribution in [0.25, 0.3) is 0 Å². The largest absolute Gasteiger partial charge is 0.393 e. The van der Waals surface area contributed by atoms with Crippen LogP contribution in [-0.2, 0) is 4.79 Å². The molecule has 2 rings (SSSR count). The molecule has 0 radical (unpaired) electrons. The fourth-order valence-corrected chi connectivity index (χ4v) is 2.89. The SMILES string of the molecule is CC1CC2C(=O)CCCC2CC1O. The number of rotatable bonds is 0. The highest BCUT2D eigenvalue weighted by molar-refractivity contribution is 5.82. The molecule has 0 aromatic heterocycles. The van der Waals surface area contributed by atoms with E-state index < -0.39 is 0 Å². The predicted octanol–water partition coefficient (Wildman–Crippen LogP) is 1.76. The highest BCUT2D eigenvalue weighted by atomic mass is 16.3. The molecular formula is C11H18O2. The van der Waals surface area contributed by atoms with Crippen LogP contribution in [0.2, 0.25) is 0 Å². The summed E-state index contributed by atoms with van der Waals surface area (Å²) in [6.07, 6.45) is 4.60. The van der Waals surface area contributed by atoms with Crippen LogP contribution in [0.4, 0.5) is 0 Å². The molecule has 4 unspecified atom stereocenters. The van der Waals surface area contributed by atoms with Gasteiger partial charge in [-0.15, -0.1) is 0 Å². The van der Waals surface area contributed by atoms with Crippen LogP contribution < -0.4 is 0 Å². The Labute approximate surface area is 79.3 Å². The molecule has 0 aromatic rings. The van der Waals surface area contributed by atoms with Crippen molar-refractivity contribution in [3.63, 3.8) is 0 Å². The fraction of sp³-hybridized carbons (Fsp3) is 0.909. The molecule has 1 N–H and O–H groups in total. The van der Waals surface area contributed by atoms with Crippen molar-refractivity contribution in [2.45, 2.75) is 45.1 Å². The lowest BCUT2D eigenvalue weighted by atomic mass is 9.66. The highest BCUT2D eigenvalue weighted by Gasteiger charge is 2.39. The van der Waals surface area contributed by atoms with E-state index in [1.807, 2.05) is 0 Å². The van der Waals surface area contributed by atoms with E-state index in [0.717, 1.165) is 32.1 Å². The molecule has 0 aliphatic heterocycles. The zero-order valence-corrected chi connectivity index (χ0v) is 8.20. The van der Waals surface area contributed by atoms with Crippen LogP contribution in [0.15, 0.2) is 0 Å². The van der Waals surface area contributed by atoms with E-state index in [1.54, 1.807) is 0 Å². The lowest BCUT2D eigenvalue weighted by Crippen LogP contribution is -2.39. The van der Waals surface area contributed by atoms with E-state index >= 15 is 0 Å². The molecular weight excluding hydrogens is 164 g/mol. The van der Waals surface area contributed by atoms with Crippen LogP contribution in [-0.4, -0.2) is 17.0 Å². The molecule has 0 saturated heterocycles. The third-order valence-electron chi connectivity index (χ3n) is 3.81. The van der Waals surface area contributed by atoms with Gasteiger partial charge >= 0.3 is 0 Å². The van der Waals surface area contributed by atoms with Crippen molar-refractivity contribution in [3.05, 3.63) is 0 Å². The van der Waals surface area contributed by atoms with Gasteiger partial charge in [0.2, 0.25) is 0 Å². The zero-order chi connectivity index (χ0) is 9.42. The first-order valence-corrected chi connectivity index (χ1v) is 5.39. The van der Waals surface area contributed by atoms with Gasteiger partial charge in [0.15, 0.2) is 0 Å². The molecule has 2 nitrogen and oxygen atoms in total. The Kier molecular flexibility index (Phi) is 2.41. The molecule has 2 aliphatic carbocycles. The molecule has 2 heteroatoms. The Hall–Kier alpha value is -0.370. The van der Waals surface area contributed by atoms with E-state index in [9.17, 15) is 9.90 Å². The van der Waals surface area contributed by atoms with Gasteiger partial charge in [-0.25, -0.2) is 0 Å². The van der Waals surface area contributed by atoms with E-state index in [-0.39, 0.29) is 12.0 Å². The number of Topliss-reactive ketones (excluding diaryl/α,β-unsaturated/α-hetero) is 1. The van der Waals surface area contributed by atoms with Crippen molar-refractivity contribution in [1.29, 1.82) is 0 Å². The number of ketones is 1. The number of hydrogen-bond acceptors (Lipinski definition) is 2. The molecule has 74 valence electrons. The van der Waals surface area contributed by atoms with Gasteiger partial charge in [-0.3, -0.25) is 4.79 Å². The lowest BCUT2D eigenvalue weighted by Gasteiger charge is -2.39. The molecule has 2 aliphatic rings. The van der Waals surface area contributed by atoms with E-state index in [1.165, 1.54) is 0 Å². The Morgan fingerprint density at radius 1 is 1.38 bits per heavy atom. The summed E-state index contributed by atoms with van der Waals surface area (Å²) in [5, 5.41) is 9.69. The van der Waals surface area contributed by atoms with Crippen LogP contribution in [0.5, 0.6) is 0 Å². The topological polar surface area (TPSA) is 37.3 Å². The first-order chi connectivity index (χ1) is 6.18. The first-order valence-electron chi connectivity index (χ1n) is 5.39. The predicted molar refractivity (Wildman–Crippen MR) is 50.2 cm³/mol. The lowest BCUT2D eigenvalue weighted by molar-refractivity contribution is -0.130. The monoisotopic (exact) mass is 182 g/mol. The molecule has 0 bridgehead atoms. The van der Waals surface area contributed by atoms with Crippen molar-refractivity contribution in [1.82, 2.24) is 0 Å². The summed E-state index contributed by atoms with van der Waals surface area (Å²) in [5.74, 6) is 1.55. The second kappa shape index (κ2) is 3.41. The van der Waals surface area contributed by atoms with Gasteiger partial charge in [-0.05, 0) is 37.5 Å². The van der Waals surface area contributed by atoms with Crippen LogP contribution in [0, 0.1) is 17.8 Å². The zero-order valence-electron chi connectivity index (χ0n) is 8.20. The number of aliphatic hydroxyl groups excluding tert-OH is 1. The van der Waals surface area contributed by atoms with Crippen molar-refractivity contribution < 1.29 is 9.90 Å². The first kappa shape index (κ1) is 9.20. The number of carbonyl (C=O) groups excluding carboxylic acids is 1. The van der Waals surface area contributed by atoms with Gasteiger partial charge in [-0.2, -0.15) is 0 Å². The Bertz CT molecular complexity index is 212. The van der Waals surface area contributed by atoms with Crippen LogP contribution in [0.3, 0.4) is 0 Å². The van der Waals surface area contributed by atoms with Crippen molar-refractivity contribution in [2.24, 2.45) is 17.8 Å². The summed E-state index contributed by atoms with van der Waals surface area (Å²) < 4.78 is 0. The molecule has 0 spiro atoms. The smallest absolute Gasteiger partial charge is 0.136 e. The molecule has 0 aromatic carbocycles. The number of aliphatic hydroxyl groups is 1. The Morgan fingerprint density at radius 3 is 2.92 bits per heavy atom. The van der Waals surface area contributed by atoms with Gasteiger partial charge in [-0.1, -0.05) is 6.92 Å². The quantitative estimate of drug-likeness (QED) is 0.620. The standard InChI is InChI=1S/C11H18O2/c1-7-5-9-8(6-11(7)13)3-2-4-10(9)12/h7-9,11,13H,2-6H2,1H3. The average molecular weight is 182 g/mol. The summed E-state index contributed by atoms with van der Waals surface area (Å²) in [6, 6.07) is 0. The van der Waals surface area contributed by atoms with Crippen molar-refractivity contribution in [3.8, 4) is 0 Å². The Morgan fingerprint density at radius 2 is 2.15 bits per heavy atom. The Balaban J connectivity index is 2.08. The fourth-order valence-electron chi connectivity index (χ4n) is 2.89. The van der Waals surface area contributed by atoms with Gasteiger partial charge in [0.25, 0.3) is 0 Å². The second-order valence-corrected chi connectivity index (χ2v) is 4.74. The minimum absolute atomic E-state index is 0.160. The summed E-state index contributed by atoms with van der Waals surface area (Å²) in [4.78, 5) is 11.6. The molecule has 2 saturated carbocycles. The van der Waals surface area contributed by atoms with Crippen LogP contribution >= 0.6 is 0 Å². The van der Waals surface area contributed by atoms with E-state index in [4.69, 9.17) is 0 Å². The molecule has 13 heavy (non-hydrogen) atoms. The summed E-state index contributed by atoms with van der Waals surface area (Å²) in [5.41, 5.74) is 0. The number of carbonyl (C=O) groups is 1. The van der Waals surface area contributed by atoms with Gasteiger partial charge < -0.3 is 5.11 Å². The second-order valence-electron chi connectivity index (χ2n) is 4.74.